The third kappa shape index (κ3) is 4.89. The van der Waals surface area contributed by atoms with Crippen LogP contribution in [0.5, 0.6) is 0 Å². The van der Waals surface area contributed by atoms with E-state index in [0.29, 0.717) is 13.0 Å². The summed E-state index contributed by atoms with van der Waals surface area (Å²) in [5, 5.41) is 10.2. The first-order valence-electron chi connectivity index (χ1n) is 6.91. The molecule has 0 radical (unpaired) electrons. The average molecular weight is 286 g/mol. The predicted octanol–water partition coefficient (Wildman–Crippen LogP) is 2.03. The molecule has 1 aliphatic rings. The van der Waals surface area contributed by atoms with Crippen molar-refractivity contribution >= 4 is 5.97 Å². The quantitative estimate of drug-likeness (QED) is 0.633. The van der Waals surface area contributed by atoms with E-state index < -0.39 is 29.4 Å². The number of ether oxygens (including phenoxy) is 3. The highest BCUT2D eigenvalue weighted by molar-refractivity contribution is 5.75. The maximum atomic E-state index is 12.0. The molecule has 0 spiro atoms. The summed E-state index contributed by atoms with van der Waals surface area (Å²) in [5.41, 5.74) is -0.639. The van der Waals surface area contributed by atoms with Crippen molar-refractivity contribution in [1.29, 1.82) is 0 Å². The van der Waals surface area contributed by atoms with Gasteiger partial charge in [-0.1, -0.05) is 6.08 Å². The highest BCUT2D eigenvalue weighted by Gasteiger charge is 2.39. The summed E-state index contributed by atoms with van der Waals surface area (Å²) in [6.45, 7) is 13.1. The first-order valence-corrected chi connectivity index (χ1v) is 6.91. The molecule has 1 heterocycles. The van der Waals surface area contributed by atoms with Crippen LogP contribution in [0.2, 0.25) is 0 Å². The lowest BCUT2D eigenvalue weighted by Crippen LogP contribution is -2.48. The molecule has 0 saturated carbocycles. The van der Waals surface area contributed by atoms with Gasteiger partial charge in [0.15, 0.2) is 11.9 Å². The van der Waals surface area contributed by atoms with Crippen LogP contribution >= 0.6 is 0 Å². The van der Waals surface area contributed by atoms with Crippen LogP contribution in [0.4, 0.5) is 0 Å². The van der Waals surface area contributed by atoms with Crippen LogP contribution in [0.25, 0.3) is 0 Å². The van der Waals surface area contributed by atoms with Gasteiger partial charge in [0.25, 0.3) is 0 Å². The summed E-state index contributed by atoms with van der Waals surface area (Å²) in [6, 6.07) is 0. The van der Waals surface area contributed by atoms with Crippen molar-refractivity contribution in [3.63, 3.8) is 0 Å². The Kier molecular flexibility index (Phi) is 5.35. The van der Waals surface area contributed by atoms with Gasteiger partial charge < -0.3 is 19.3 Å². The summed E-state index contributed by atoms with van der Waals surface area (Å²) in [6.07, 6.45) is 0.532. The number of carbonyl (C=O) groups excluding carboxylic acids is 1. The van der Waals surface area contributed by atoms with Crippen LogP contribution in [0, 0.1) is 5.92 Å². The molecule has 1 saturated heterocycles. The number of aliphatic hydroxyl groups is 1. The van der Waals surface area contributed by atoms with Crippen molar-refractivity contribution < 1.29 is 24.1 Å². The zero-order valence-corrected chi connectivity index (χ0v) is 13.0. The van der Waals surface area contributed by atoms with Gasteiger partial charge in [-0.3, -0.25) is 0 Å². The molecule has 0 amide bonds. The van der Waals surface area contributed by atoms with Crippen LogP contribution in [0.1, 0.15) is 41.0 Å². The Labute approximate surface area is 120 Å². The fourth-order valence-corrected chi connectivity index (χ4v) is 2.15. The van der Waals surface area contributed by atoms with E-state index in [1.54, 1.807) is 40.7 Å². The number of hydrogen-bond donors (Lipinski definition) is 1. The molecule has 5 heteroatoms. The molecule has 1 N–H and O–H groups in total. The van der Waals surface area contributed by atoms with Crippen LogP contribution < -0.4 is 0 Å². The number of rotatable bonds is 4. The second-order valence-corrected chi connectivity index (χ2v) is 6.48. The van der Waals surface area contributed by atoms with E-state index >= 15 is 0 Å². The molecular weight excluding hydrogens is 260 g/mol. The van der Waals surface area contributed by atoms with Crippen LogP contribution in [-0.4, -0.2) is 41.3 Å². The lowest BCUT2D eigenvalue weighted by Gasteiger charge is -2.39. The van der Waals surface area contributed by atoms with Gasteiger partial charge in [0.1, 0.15) is 5.60 Å². The Morgan fingerprint density at radius 3 is 2.55 bits per heavy atom. The third-order valence-electron chi connectivity index (χ3n) is 3.00. The van der Waals surface area contributed by atoms with E-state index in [1.807, 2.05) is 0 Å². The minimum atomic E-state index is -1.29. The summed E-state index contributed by atoms with van der Waals surface area (Å²) in [4.78, 5) is 12.0. The standard InChI is InChI=1S/C15H26O5/c1-7-10(11-8-9-18-15(5,6)19-11)12(16)13(17)20-14(2,3)4/h7,10-12,16H,1,8-9H2,2-6H3/t10-,11+,12-/m1/s1. The maximum absolute atomic E-state index is 12.0. The zero-order valence-electron chi connectivity index (χ0n) is 13.0. The SMILES string of the molecule is C=C[C@H]([C@@H]1CCOC(C)(C)O1)[C@@H](O)C(=O)OC(C)(C)C. The average Bonchev–Trinajstić information content (AvgIpc) is 2.26. The smallest absolute Gasteiger partial charge is 0.336 e. The second-order valence-electron chi connectivity index (χ2n) is 6.48. The lowest BCUT2D eigenvalue weighted by atomic mass is 9.92. The normalized spacial score (nSPS) is 25.6. The lowest BCUT2D eigenvalue weighted by molar-refractivity contribution is -0.283. The second kappa shape index (κ2) is 6.24. The molecule has 20 heavy (non-hydrogen) atoms. The molecule has 0 aliphatic carbocycles. The molecule has 3 atom stereocenters. The first-order chi connectivity index (χ1) is 9.06. The van der Waals surface area contributed by atoms with Crippen LogP contribution in [-0.2, 0) is 19.0 Å². The van der Waals surface area contributed by atoms with E-state index in [1.165, 1.54) is 0 Å². The summed E-state index contributed by atoms with van der Waals surface area (Å²) < 4.78 is 16.4. The van der Waals surface area contributed by atoms with Crippen LogP contribution in [0.15, 0.2) is 12.7 Å². The van der Waals surface area contributed by atoms with Gasteiger partial charge in [0, 0.05) is 5.92 Å². The van der Waals surface area contributed by atoms with Crippen molar-refractivity contribution in [2.75, 3.05) is 6.61 Å². The fourth-order valence-electron chi connectivity index (χ4n) is 2.15. The molecular formula is C15H26O5. The fraction of sp³-hybridized carbons (Fsp3) is 0.800. The molecule has 5 nitrogen and oxygen atoms in total. The molecule has 0 aromatic rings. The molecule has 1 aliphatic heterocycles. The van der Waals surface area contributed by atoms with Crippen LogP contribution in [0.3, 0.4) is 0 Å². The van der Waals surface area contributed by atoms with E-state index in [4.69, 9.17) is 14.2 Å². The van der Waals surface area contributed by atoms with Gasteiger partial charge in [-0.2, -0.15) is 0 Å². The van der Waals surface area contributed by atoms with Crippen molar-refractivity contribution in [3.8, 4) is 0 Å². The minimum absolute atomic E-state index is 0.321. The number of aliphatic hydroxyl groups excluding tert-OH is 1. The Hall–Kier alpha value is -0.910. The van der Waals surface area contributed by atoms with E-state index in [0.717, 1.165) is 0 Å². The Balaban J connectivity index is 2.74. The summed E-state index contributed by atoms with van der Waals surface area (Å²) in [5.74, 6) is -1.90. The Morgan fingerprint density at radius 2 is 2.10 bits per heavy atom. The van der Waals surface area contributed by atoms with E-state index in [-0.39, 0.29) is 6.10 Å². The van der Waals surface area contributed by atoms with E-state index in [2.05, 4.69) is 6.58 Å². The topological polar surface area (TPSA) is 65.0 Å². The highest BCUT2D eigenvalue weighted by atomic mass is 16.7. The molecule has 116 valence electrons. The van der Waals surface area contributed by atoms with Crippen molar-refractivity contribution in [2.45, 2.75) is 64.6 Å². The van der Waals surface area contributed by atoms with Gasteiger partial charge in [-0.25, -0.2) is 4.79 Å². The number of carbonyl (C=O) groups is 1. The van der Waals surface area contributed by atoms with Gasteiger partial charge in [-0.05, 0) is 41.0 Å². The van der Waals surface area contributed by atoms with Crippen molar-refractivity contribution in [3.05, 3.63) is 12.7 Å². The molecule has 0 aromatic carbocycles. The first kappa shape index (κ1) is 17.1. The van der Waals surface area contributed by atoms with Crippen molar-refractivity contribution in [2.24, 2.45) is 5.92 Å². The Morgan fingerprint density at radius 1 is 1.50 bits per heavy atom. The summed E-state index contributed by atoms with van der Waals surface area (Å²) in [7, 11) is 0. The monoisotopic (exact) mass is 286 g/mol. The number of esters is 1. The number of hydrogen-bond acceptors (Lipinski definition) is 5. The molecule has 1 fully saturated rings. The molecule has 0 bridgehead atoms. The molecule has 0 aromatic heterocycles. The van der Waals surface area contributed by atoms with E-state index in [9.17, 15) is 9.90 Å². The highest BCUT2D eigenvalue weighted by Crippen LogP contribution is 2.29. The largest absolute Gasteiger partial charge is 0.458 e. The van der Waals surface area contributed by atoms with Gasteiger partial charge in [0.2, 0.25) is 0 Å². The van der Waals surface area contributed by atoms with Gasteiger partial charge >= 0.3 is 5.97 Å². The van der Waals surface area contributed by atoms with Gasteiger partial charge in [-0.15, -0.1) is 6.58 Å². The predicted molar refractivity (Wildman–Crippen MR) is 75.1 cm³/mol. The maximum Gasteiger partial charge on any atom is 0.336 e. The molecule has 1 rings (SSSR count). The zero-order chi connectivity index (χ0) is 15.6. The third-order valence-corrected chi connectivity index (χ3v) is 3.00. The molecule has 0 unspecified atom stereocenters. The summed E-state index contributed by atoms with van der Waals surface area (Å²) >= 11 is 0. The van der Waals surface area contributed by atoms with Gasteiger partial charge in [0.05, 0.1) is 12.7 Å². The minimum Gasteiger partial charge on any atom is -0.458 e. The Bertz CT molecular complexity index is 356. The van der Waals surface area contributed by atoms with Crippen molar-refractivity contribution in [1.82, 2.24) is 0 Å².